The van der Waals surface area contributed by atoms with Crippen molar-refractivity contribution in [2.75, 3.05) is 13.1 Å². The van der Waals surface area contributed by atoms with E-state index < -0.39 is 0 Å². The number of aromatic nitrogens is 5. The summed E-state index contributed by atoms with van der Waals surface area (Å²) in [6, 6.07) is 5.10. The molecular formula is C17H20ClFN6. The van der Waals surface area contributed by atoms with Crippen molar-refractivity contribution >= 4 is 12.4 Å². The Kier molecular flexibility index (Phi) is 5.15. The molecule has 8 heteroatoms. The molecule has 0 atom stereocenters. The van der Waals surface area contributed by atoms with Gasteiger partial charge >= 0.3 is 0 Å². The molecule has 1 aliphatic rings. The van der Waals surface area contributed by atoms with Gasteiger partial charge in [0.25, 0.3) is 0 Å². The highest BCUT2D eigenvalue weighted by Gasteiger charge is 2.19. The van der Waals surface area contributed by atoms with E-state index in [1.165, 1.54) is 12.1 Å². The number of nitrogens with one attached hydrogen (secondary N) is 1. The summed E-state index contributed by atoms with van der Waals surface area (Å²) in [5, 5.41) is 11.9. The summed E-state index contributed by atoms with van der Waals surface area (Å²) in [6.07, 6.45) is 7.54. The third-order valence-corrected chi connectivity index (χ3v) is 4.49. The van der Waals surface area contributed by atoms with Gasteiger partial charge in [-0.2, -0.15) is 0 Å². The predicted molar refractivity (Wildman–Crippen MR) is 95.7 cm³/mol. The molecule has 0 bridgehead atoms. The third kappa shape index (κ3) is 3.43. The van der Waals surface area contributed by atoms with Gasteiger partial charge in [-0.05, 0) is 50.6 Å². The minimum absolute atomic E-state index is 0. The van der Waals surface area contributed by atoms with Crippen LogP contribution in [0.3, 0.4) is 0 Å². The van der Waals surface area contributed by atoms with Crippen LogP contribution in [0, 0.1) is 12.7 Å². The number of piperidine rings is 1. The van der Waals surface area contributed by atoms with Gasteiger partial charge in [0, 0.05) is 12.4 Å². The molecule has 0 amide bonds. The topological polar surface area (TPSA) is 60.6 Å². The van der Waals surface area contributed by atoms with Gasteiger partial charge in [0.05, 0.1) is 17.9 Å². The van der Waals surface area contributed by atoms with Gasteiger partial charge in [-0.1, -0.05) is 11.3 Å². The van der Waals surface area contributed by atoms with Crippen molar-refractivity contribution in [1.82, 2.24) is 29.9 Å². The molecule has 2 aromatic heterocycles. The fourth-order valence-electron chi connectivity index (χ4n) is 3.16. The Morgan fingerprint density at radius 2 is 2.04 bits per heavy atom. The van der Waals surface area contributed by atoms with Gasteiger partial charge in [0.1, 0.15) is 11.5 Å². The third-order valence-electron chi connectivity index (χ3n) is 4.49. The summed E-state index contributed by atoms with van der Waals surface area (Å²) in [4.78, 5) is 4.40. The second-order valence-electron chi connectivity index (χ2n) is 6.12. The van der Waals surface area contributed by atoms with Crippen LogP contribution in [0.4, 0.5) is 4.39 Å². The molecule has 0 saturated carbocycles. The maximum absolute atomic E-state index is 13.6. The molecule has 25 heavy (non-hydrogen) atoms. The second kappa shape index (κ2) is 7.33. The number of hydrogen-bond acceptors (Lipinski definition) is 4. The summed E-state index contributed by atoms with van der Waals surface area (Å²) in [6.45, 7) is 3.94. The lowest BCUT2D eigenvalue weighted by Crippen LogP contribution is -2.29. The van der Waals surface area contributed by atoms with E-state index in [-0.39, 0.29) is 18.2 Å². The van der Waals surface area contributed by atoms with Gasteiger partial charge < -0.3 is 5.32 Å². The summed E-state index contributed by atoms with van der Waals surface area (Å²) >= 11 is 0. The van der Waals surface area contributed by atoms with Gasteiger partial charge in [-0.15, -0.1) is 17.5 Å². The smallest absolute Gasteiger partial charge is 0.166 e. The number of imidazole rings is 1. The Bertz CT molecular complexity index is 852. The molecule has 0 spiro atoms. The van der Waals surface area contributed by atoms with E-state index >= 15 is 0 Å². The Morgan fingerprint density at radius 1 is 1.24 bits per heavy atom. The number of halogens is 2. The highest BCUT2D eigenvalue weighted by Crippen LogP contribution is 2.24. The molecule has 3 aromatic rings. The lowest BCUT2D eigenvalue weighted by Gasteiger charge is -2.22. The molecule has 0 radical (unpaired) electrons. The molecule has 0 unspecified atom stereocenters. The molecule has 1 aromatic carbocycles. The minimum Gasteiger partial charge on any atom is -0.317 e. The van der Waals surface area contributed by atoms with E-state index in [2.05, 4.69) is 20.6 Å². The van der Waals surface area contributed by atoms with Crippen LogP contribution in [0.15, 0.2) is 36.8 Å². The maximum Gasteiger partial charge on any atom is 0.166 e. The Hall–Kier alpha value is -2.25. The summed E-state index contributed by atoms with van der Waals surface area (Å²) in [5.74, 6) is 0.400. The van der Waals surface area contributed by atoms with Crippen LogP contribution in [0.25, 0.3) is 17.2 Å². The Morgan fingerprint density at radius 3 is 2.84 bits per heavy atom. The van der Waals surface area contributed by atoms with E-state index in [0.717, 1.165) is 37.2 Å². The zero-order chi connectivity index (χ0) is 16.5. The molecule has 1 N–H and O–H groups in total. The standard InChI is InChI=1S/C17H19FN6.ClH/c1-12-2-3-13(18)10-16(12)23-9-8-20-17(23)15-11-24(22-21-15)14-4-6-19-7-5-14;/h2-3,8-11,14,19H,4-7H2,1H3;1H. The van der Waals surface area contributed by atoms with E-state index in [9.17, 15) is 4.39 Å². The van der Waals surface area contributed by atoms with Gasteiger partial charge in [0.2, 0.25) is 0 Å². The fourth-order valence-corrected chi connectivity index (χ4v) is 3.16. The first-order chi connectivity index (χ1) is 11.7. The van der Waals surface area contributed by atoms with E-state index in [1.807, 2.05) is 28.6 Å². The van der Waals surface area contributed by atoms with Crippen LogP contribution in [0.1, 0.15) is 24.4 Å². The zero-order valence-electron chi connectivity index (χ0n) is 13.9. The van der Waals surface area contributed by atoms with Crippen LogP contribution < -0.4 is 5.32 Å². The molecule has 1 fully saturated rings. The number of nitrogens with zero attached hydrogens (tertiary/aromatic N) is 5. The number of rotatable bonds is 3. The zero-order valence-corrected chi connectivity index (χ0v) is 14.7. The van der Waals surface area contributed by atoms with Crippen molar-refractivity contribution < 1.29 is 4.39 Å². The van der Waals surface area contributed by atoms with Crippen molar-refractivity contribution in [2.24, 2.45) is 0 Å². The largest absolute Gasteiger partial charge is 0.317 e. The molecule has 1 aliphatic heterocycles. The van der Waals surface area contributed by atoms with E-state index in [4.69, 9.17) is 0 Å². The minimum atomic E-state index is -0.270. The van der Waals surface area contributed by atoms with Crippen molar-refractivity contribution in [2.45, 2.75) is 25.8 Å². The molecule has 4 rings (SSSR count). The van der Waals surface area contributed by atoms with Crippen molar-refractivity contribution in [3.63, 3.8) is 0 Å². The van der Waals surface area contributed by atoms with Crippen LogP contribution in [0.2, 0.25) is 0 Å². The number of hydrogen-bond donors (Lipinski definition) is 1. The summed E-state index contributed by atoms with van der Waals surface area (Å²) < 4.78 is 17.4. The average molecular weight is 363 g/mol. The Balaban J connectivity index is 0.00000182. The molecule has 0 aliphatic carbocycles. The normalized spacial score (nSPS) is 15.1. The maximum atomic E-state index is 13.6. The SMILES string of the molecule is Cc1ccc(F)cc1-n1ccnc1-c1cn(C2CCNCC2)nn1.Cl. The van der Waals surface area contributed by atoms with E-state index in [0.29, 0.717) is 17.6 Å². The van der Waals surface area contributed by atoms with Crippen LogP contribution in [0.5, 0.6) is 0 Å². The lowest BCUT2D eigenvalue weighted by atomic mass is 10.1. The fraction of sp³-hybridized carbons (Fsp3) is 0.353. The Labute approximate surface area is 151 Å². The highest BCUT2D eigenvalue weighted by atomic mass is 35.5. The molecular weight excluding hydrogens is 343 g/mol. The van der Waals surface area contributed by atoms with Crippen molar-refractivity contribution in [3.8, 4) is 17.2 Å². The van der Waals surface area contributed by atoms with Crippen LogP contribution >= 0.6 is 12.4 Å². The average Bonchev–Trinajstić information content (AvgIpc) is 3.26. The van der Waals surface area contributed by atoms with Crippen molar-refractivity contribution in [3.05, 3.63) is 48.2 Å². The molecule has 6 nitrogen and oxygen atoms in total. The van der Waals surface area contributed by atoms with E-state index in [1.54, 1.807) is 12.3 Å². The van der Waals surface area contributed by atoms with Crippen LogP contribution in [-0.4, -0.2) is 37.6 Å². The summed E-state index contributed by atoms with van der Waals surface area (Å²) in [5.41, 5.74) is 2.43. The quantitative estimate of drug-likeness (QED) is 0.778. The monoisotopic (exact) mass is 362 g/mol. The predicted octanol–water partition coefficient (Wildman–Crippen LogP) is 2.92. The first-order valence-electron chi connectivity index (χ1n) is 8.15. The molecule has 132 valence electrons. The number of aryl methyl sites for hydroxylation is 1. The molecule has 3 heterocycles. The second-order valence-corrected chi connectivity index (χ2v) is 6.12. The van der Waals surface area contributed by atoms with Crippen molar-refractivity contribution in [1.29, 1.82) is 0 Å². The van der Waals surface area contributed by atoms with Crippen LogP contribution in [-0.2, 0) is 0 Å². The first kappa shape index (κ1) is 17.6. The summed E-state index contributed by atoms with van der Waals surface area (Å²) in [7, 11) is 0. The first-order valence-corrected chi connectivity index (χ1v) is 8.15. The van der Waals surface area contributed by atoms with Gasteiger partial charge in [-0.3, -0.25) is 4.57 Å². The number of benzene rings is 1. The highest BCUT2D eigenvalue weighted by molar-refractivity contribution is 5.85. The lowest BCUT2D eigenvalue weighted by molar-refractivity contribution is 0.337. The van der Waals surface area contributed by atoms with Gasteiger partial charge in [-0.25, -0.2) is 14.1 Å². The van der Waals surface area contributed by atoms with Gasteiger partial charge in [0.15, 0.2) is 5.82 Å². The molecule has 1 saturated heterocycles.